The van der Waals surface area contributed by atoms with Gasteiger partial charge >= 0.3 is 0 Å². The van der Waals surface area contributed by atoms with Crippen molar-refractivity contribution in [2.45, 2.75) is 0 Å². The Morgan fingerprint density at radius 3 is 2.38 bits per heavy atom. The largest absolute Gasteiger partial charge is 0.260 e. The van der Waals surface area contributed by atoms with Gasteiger partial charge in [-0.15, -0.1) is 0 Å². The van der Waals surface area contributed by atoms with E-state index in [9.17, 15) is 0 Å². The first-order chi connectivity index (χ1) is 3.72. The zero-order valence-corrected chi connectivity index (χ0v) is 7.28. The average molecular weight is 263 g/mol. The quantitative estimate of drug-likeness (QED) is 0.657. The number of hydrogen-bond donors (Lipinski definition) is 0. The topological polar surface area (TPSA) is 17.8 Å². The summed E-state index contributed by atoms with van der Waals surface area (Å²) >= 11 is 13.0. The summed E-state index contributed by atoms with van der Waals surface area (Å²) in [6.45, 7) is 0. The molecule has 0 N–H and O–H groups in total. The van der Waals surface area contributed by atoms with Gasteiger partial charge in [-0.25, -0.2) is 4.98 Å². The van der Waals surface area contributed by atoms with E-state index >= 15 is 0 Å². The molecule has 1 aromatic heterocycles. The van der Waals surface area contributed by atoms with Gasteiger partial charge < -0.3 is 0 Å². The first-order valence-electron chi connectivity index (χ1n) is 1.76. The van der Waals surface area contributed by atoms with Gasteiger partial charge in [0.1, 0.15) is 6.33 Å². The molecule has 0 saturated heterocycles. The van der Waals surface area contributed by atoms with Crippen molar-refractivity contribution < 1.29 is 0 Å². The molecule has 2 nitrogen and oxygen atoms in total. The van der Waals surface area contributed by atoms with E-state index in [1.807, 2.05) is 22.9 Å². The Labute approximate surface area is 70.3 Å². The molecule has 0 aliphatic rings. The second-order valence-electron chi connectivity index (χ2n) is 1.14. The molecule has 0 radical (unpaired) electrons. The Morgan fingerprint density at radius 2 is 2.25 bits per heavy atom. The summed E-state index contributed by atoms with van der Waals surface area (Å²) in [6.07, 6.45) is 1.55. The summed E-state index contributed by atoms with van der Waals surface area (Å²) in [4.78, 5) is 3.70. The number of hydrogen-bond acceptors (Lipinski definition) is 1. The lowest BCUT2D eigenvalue weighted by atomic mass is 10.9. The smallest absolute Gasteiger partial charge is 0.166 e. The molecule has 0 fully saturated rings. The molecule has 0 aliphatic heterocycles. The third kappa shape index (κ3) is 1.09. The van der Waals surface area contributed by atoms with Crippen LogP contribution >= 0.6 is 46.1 Å². The van der Waals surface area contributed by atoms with E-state index in [0.29, 0.717) is 10.3 Å². The number of aromatic nitrogens is 2. The van der Waals surface area contributed by atoms with Gasteiger partial charge in [0, 0.05) is 0 Å². The Bertz CT molecular complexity index is 178. The van der Waals surface area contributed by atoms with Gasteiger partial charge in [0.25, 0.3) is 0 Å². The summed E-state index contributed by atoms with van der Waals surface area (Å²) < 4.78 is 1.61. The van der Waals surface area contributed by atoms with Crippen LogP contribution in [0.15, 0.2) is 6.33 Å². The van der Waals surface area contributed by atoms with Gasteiger partial charge in [-0.3, -0.25) is 2.78 Å². The lowest BCUT2D eigenvalue weighted by molar-refractivity contribution is 1.28. The lowest BCUT2D eigenvalue weighted by Crippen LogP contribution is -1.69. The maximum atomic E-state index is 5.55. The van der Waals surface area contributed by atoms with Gasteiger partial charge in [0.05, 0.1) is 22.9 Å². The summed E-state index contributed by atoms with van der Waals surface area (Å²) in [6, 6.07) is 0. The standard InChI is InChI=1S/C3HCl2IN2/c4-2-3(5)8(6)1-7-2/h1H. The highest BCUT2D eigenvalue weighted by Crippen LogP contribution is 2.20. The van der Waals surface area contributed by atoms with Gasteiger partial charge in [-0.2, -0.15) is 0 Å². The first kappa shape index (κ1) is 6.64. The zero-order valence-electron chi connectivity index (χ0n) is 3.61. The number of imidazole rings is 1. The SMILES string of the molecule is Clc1ncn(I)c1Cl. The van der Waals surface area contributed by atoms with Crippen LogP contribution in [-0.2, 0) is 0 Å². The molecule has 0 saturated carbocycles. The van der Waals surface area contributed by atoms with Crippen LogP contribution in [0.3, 0.4) is 0 Å². The molecular formula is C3HCl2IN2. The Kier molecular flexibility index (Phi) is 2.00. The fourth-order valence-electron chi connectivity index (χ4n) is 0.293. The first-order valence-corrected chi connectivity index (χ1v) is 3.48. The number of rotatable bonds is 0. The van der Waals surface area contributed by atoms with Crippen LogP contribution in [0.25, 0.3) is 0 Å². The fourth-order valence-corrected chi connectivity index (χ4v) is 1.02. The van der Waals surface area contributed by atoms with Crippen molar-refractivity contribution in [1.82, 2.24) is 7.76 Å². The van der Waals surface area contributed by atoms with Crippen LogP contribution in [-0.4, -0.2) is 7.76 Å². The lowest BCUT2D eigenvalue weighted by Gasteiger charge is -1.83. The molecule has 1 heterocycles. The van der Waals surface area contributed by atoms with Crippen LogP contribution in [0.5, 0.6) is 0 Å². The summed E-state index contributed by atoms with van der Waals surface area (Å²) in [5.41, 5.74) is 0. The minimum atomic E-state index is 0.348. The van der Waals surface area contributed by atoms with Crippen LogP contribution in [0, 0.1) is 0 Å². The second kappa shape index (κ2) is 2.41. The van der Waals surface area contributed by atoms with Gasteiger partial charge in [0.2, 0.25) is 0 Å². The molecule has 8 heavy (non-hydrogen) atoms. The molecular weight excluding hydrogens is 262 g/mol. The van der Waals surface area contributed by atoms with Crippen molar-refractivity contribution >= 4 is 46.1 Å². The molecule has 44 valence electrons. The number of halogens is 3. The Morgan fingerprint density at radius 1 is 1.62 bits per heavy atom. The second-order valence-corrected chi connectivity index (χ2v) is 2.89. The van der Waals surface area contributed by atoms with Gasteiger partial charge in [-0.05, 0) is 0 Å². The van der Waals surface area contributed by atoms with Crippen molar-refractivity contribution in [3.05, 3.63) is 16.6 Å². The van der Waals surface area contributed by atoms with Crippen LogP contribution in [0.1, 0.15) is 0 Å². The van der Waals surface area contributed by atoms with Crippen molar-refractivity contribution in [2.24, 2.45) is 0 Å². The molecule has 1 aromatic rings. The highest BCUT2D eigenvalue weighted by Gasteiger charge is 2.00. The maximum Gasteiger partial charge on any atom is 0.166 e. The summed E-state index contributed by atoms with van der Waals surface area (Å²) in [5.74, 6) is 0. The highest BCUT2D eigenvalue weighted by atomic mass is 127. The third-order valence-corrected chi connectivity index (χ3v) is 2.38. The molecule has 0 aliphatic carbocycles. The van der Waals surface area contributed by atoms with E-state index in [-0.39, 0.29) is 0 Å². The van der Waals surface area contributed by atoms with Crippen molar-refractivity contribution in [3.63, 3.8) is 0 Å². The molecule has 0 aromatic carbocycles. The summed E-state index contributed by atoms with van der Waals surface area (Å²) in [5, 5.41) is 0.813. The highest BCUT2D eigenvalue weighted by molar-refractivity contribution is 14.1. The number of nitrogens with zero attached hydrogens (tertiary/aromatic N) is 2. The average Bonchev–Trinajstić information content (AvgIpc) is 1.98. The molecule has 0 spiro atoms. The van der Waals surface area contributed by atoms with E-state index < -0.39 is 0 Å². The fraction of sp³-hybridized carbons (Fsp3) is 0. The van der Waals surface area contributed by atoms with Gasteiger partial charge in [-0.1, -0.05) is 23.2 Å². The molecule has 0 atom stereocenters. The third-order valence-electron chi connectivity index (χ3n) is 0.630. The minimum Gasteiger partial charge on any atom is -0.260 e. The molecule has 5 heteroatoms. The van der Waals surface area contributed by atoms with Crippen molar-refractivity contribution in [2.75, 3.05) is 0 Å². The maximum absolute atomic E-state index is 5.55. The molecule has 1 rings (SSSR count). The van der Waals surface area contributed by atoms with E-state index in [1.54, 1.807) is 9.11 Å². The minimum absolute atomic E-state index is 0.348. The Hall–Kier alpha value is 0.520. The van der Waals surface area contributed by atoms with Crippen molar-refractivity contribution in [3.8, 4) is 0 Å². The molecule has 0 amide bonds. The van der Waals surface area contributed by atoms with Gasteiger partial charge in [0.15, 0.2) is 10.3 Å². The van der Waals surface area contributed by atoms with E-state index in [1.165, 1.54) is 0 Å². The normalized spacial score (nSPS) is 9.88. The van der Waals surface area contributed by atoms with E-state index in [2.05, 4.69) is 4.98 Å². The Balaban J connectivity index is 3.19. The molecule has 0 unspecified atom stereocenters. The van der Waals surface area contributed by atoms with Crippen LogP contribution in [0.2, 0.25) is 10.3 Å². The van der Waals surface area contributed by atoms with E-state index in [0.717, 1.165) is 0 Å². The van der Waals surface area contributed by atoms with Crippen molar-refractivity contribution in [1.29, 1.82) is 0 Å². The van der Waals surface area contributed by atoms with Crippen LogP contribution in [0.4, 0.5) is 0 Å². The predicted molar refractivity (Wildman–Crippen MR) is 41.7 cm³/mol. The van der Waals surface area contributed by atoms with Crippen LogP contribution < -0.4 is 0 Å². The van der Waals surface area contributed by atoms with E-state index in [4.69, 9.17) is 23.2 Å². The molecule has 0 bridgehead atoms. The predicted octanol–water partition coefficient (Wildman–Crippen LogP) is 2.39. The summed E-state index contributed by atoms with van der Waals surface area (Å²) in [7, 11) is 0. The monoisotopic (exact) mass is 262 g/mol. The zero-order chi connectivity index (χ0) is 6.15.